The summed E-state index contributed by atoms with van der Waals surface area (Å²) >= 11 is 0. The fourth-order valence-electron chi connectivity index (χ4n) is 3.97. The number of ether oxygens (including phenoxy) is 1. The number of nitrogens with one attached hydrogen (secondary N) is 1. The zero-order chi connectivity index (χ0) is 16.5. The molecule has 0 radical (unpaired) electrons. The van der Waals surface area contributed by atoms with Gasteiger partial charge in [-0.2, -0.15) is 5.10 Å². The van der Waals surface area contributed by atoms with Gasteiger partial charge < -0.3 is 4.74 Å². The molecule has 1 aromatic heterocycles. The molecule has 3 atom stereocenters. The van der Waals surface area contributed by atoms with Gasteiger partial charge in [0, 0.05) is 19.3 Å². The average molecular weight is 329 g/mol. The van der Waals surface area contributed by atoms with E-state index in [0.29, 0.717) is 23.9 Å². The maximum atomic E-state index is 12.9. The first-order valence-electron chi connectivity index (χ1n) is 8.34. The lowest BCUT2D eigenvalue weighted by molar-refractivity contribution is 0.0936. The lowest BCUT2D eigenvalue weighted by Crippen LogP contribution is -2.29. The van der Waals surface area contributed by atoms with Crippen molar-refractivity contribution in [1.29, 1.82) is 0 Å². The van der Waals surface area contributed by atoms with Crippen LogP contribution in [-0.4, -0.2) is 46.6 Å². The van der Waals surface area contributed by atoms with Crippen LogP contribution in [-0.2, 0) is 0 Å². The molecule has 2 aromatic rings. The second-order valence-electron chi connectivity index (χ2n) is 6.79. The van der Waals surface area contributed by atoms with Crippen molar-refractivity contribution in [2.75, 3.05) is 19.6 Å². The second kappa shape index (κ2) is 6.36. The number of hydrogen-bond acceptors (Lipinski definition) is 4. The summed E-state index contributed by atoms with van der Waals surface area (Å²) in [4.78, 5) is 14.4. The number of fused-ring (bicyclic) bond motifs is 1. The van der Waals surface area contributed by atoms with Crippen LogP contribution in [0.25, 0.3) is 0 Å². The lowest BCUT2D eigenvalue weighted by Gasteiger charge is -2.19. The zero-order valence-corrected chi connectivity index (χ0v) is 13.3. The van der Waals surface area contributed by atoms with Crippen LogP contribution < -0.4 is 4.74 Å². The van der Waals surface area contributed by atoms with Crippen LogP contribution in [0.1, 0.15) is 23.2 Å². The van der Waals surface area contributed by atoms with Crippen LogP contribution in [0.15, 0.2) is 36.7 Å². The van der Waals surface area contributed by atoms with Crippen LogP contribution >= 0.6 is 0 Å². The molecule has 1 aromatic carbocycles. The van der Waals surface area contributed by atoms with Gasteiger partial charge in [-0.15, -0.1) is 0 Å². The Morgan fingerprint density at radius 2 is 1.96 bits per heavy atom. The van der Waals surface area contributed by atoms with Gasteiger partial charge in [-0.1, -0.05) is 0 Å². The molecule has 6 heteroatoms. The number of ketones is 1. The van der Waals surface area contributed by atoms with Crippen LogP contribution in [0.3, 0.4) is 0 Å². The van der Waals surface area contributed by atoms with E-state index in [2.05, 4.69) is 15.1 Å². The third-order valence-corrected chi connectivity index (χ3v) is 5.09. The van der Waals surface area contributed by atoms with Gasteiger partial charge in [0.25, 0.3) is 0 Å². The molecule has 1 aliphatic carbocycles. The van der Waals surface area contributed by atoms with E-state index in [4.69, 9.17) is 4.74 Å². The standard InChI is InChI=1S/C18H20FN3O2/c19-15-1-3-16(4-2-15)24-17-5-12-9-22(10-13(12)6-17)11-18(23)14-7-20-21-8-14/h1-4,7-8,12-13,17H,5-6,9-11H2,(H,20,21)/t12-,13+,17?. The minimum absolute atomic E-state index is 0.114. The third kappa shape index (κ3) is 3.19. The van der Waals surface area contributed by atoms with Gasteiger partial charge in [-0.25, -0.2) is 4.39 Å². The number of likely N-dealkylation sites (tertiary alicyclic amines) is 1. The minimum Gasteiger partial charge on any atom is -0.490 e. The Labute approximate surface area is 139 Å². The SMILES string of the molecule is O=C(CN1C[C@H]2CC(Oc3ccc(F)cc3)C[C@H]2C1)c1cn[nH]c1. The van der Waals surface area contributed by atoms with Gasteiger partial charge in [0.1, 0.15) is 11.6 Å². The number of halogens is 1. The molecule has 5 nitrogen and oxygen atoms in total. The summed E-state index contributed by atoms with van der Waals surface area (Å²) in [5.41, 5.74) is 0.643. The molecule has 1 N–H and O–H groups in total. The Bertz CT molecular complexity index is 688. The quantitative estimate of drug-likeness (QED) is 0.857. The third-order valence-electron chi connectivity index (χ3n) is 5.09. The van der Waals surface area contributed by atoms with Crippen molar-refractivity contribution in [2.45, 2.75) is 18.9 Å². The molecule has 0 bridgehead atoms. The summed E-state index contributed by atoms with van der Waals surface area (Å²) in [6.45, 7) is 2.34. The predicted molar refractivity (Wildman–Crippen MR) is 86.4 cm³/mol. The molecule has 0 amide bonds. The van der Waals surface area contributed by atoms with Gasteiger partial charge >= 0.3 is 0 Å². The highest BCUT2D eigenvalue weighted by molar-refractivity contribution is 5.97. The zero-order valence-electron chi connectivity index (χ0n) is 13.3. The van der Waals surface area contributed by atoms with Crippen molar-refractivity contribution in [3.8, 4) is 5.75 Å². The molecule has 2 aliphatic rings. The van der Waals surface area contributed by atoms with Crippen molar-refractivity contribution in [2.24, 2.45) is 11.8 Å². The molecule has 1 saturated heterocycles. The van der Waals surface area contributed by atoms with Gasteiger partial charge in [0.15, 0.2) is 5.78 Å². The molecule has 0 spiro atoms. The molecule has 2 heterocycles. The maximum absolute atomic E-state index is 12.9. The summed E-state index contributed by atoms with van der Waals surface area (Å²) in [5.74, 6) is 1.75. The largest absolute Gasteiger partial charge is 0.490 e. The number of aromatic amines is 1. The van der Waals surface area contributed by atoms with E-state index < -0.39 is 0 Å². The van der Waals surface area contributed by atoms with E-state index in [1.165, 1.54) is 12.1 Å². The van der Waals surface area contributed by atoms with Crippen LogP contribution in [0.5, 0.6) is 5.75 Å². The van der Waals surface area contributed by atoms with Crippen LogP contribution in [0, 0.1) is 17.7 Å². The second-order valence-corrected chi connectivity index (χ2v) is 6.79. The number of aromatic nitrogens is 2. The van der Waals surface area contributed by atoms with E-state index in [1.54, 1.807) is 24.5 Å². The van der Waals surface area contributed by atoms with Crippen molar-refractivity contribution in [1.82, 2.24) is 15.1 Å². The number of Topliss-reactive ketones (excluding diaryl/α,β-unsaturated/α-hetero) is 1. The summed E-state index contributed by atoms with van der Waals surface area (Å²) in [6, 6.07) is 6.21. The lowest BCUT2D eigenvalue weighted by atomic mass is 10.0. The number of nitrogens with zero attached hydrogens (tertiary/aromatic N) is 2. The molecule has 1 saturated carbocycles. The molecule has 1 unspecified atom stereocenters. The Morgan fingerprint density at radius 1 is 1.25 bits per heavy atom. The van der Waals surface area contributed by atoms with E-state index >= 15 is 0 Å². The summed E-state index contributed by atoms with van der Waals surface area (Å²) < 4.78 is 18.9. The first-order valence-corrected chi connectivity index (χ1v) is 8.34. The number of benzene rings is 1. The Hall–Kier alpha value is -2.21. The summed E-state index contributed by atoms with van der Waals surface area (Å²) in [7, 11) is 0. The van der Waals surface area contributed by atoms with E-state index in [0.717, 1.165) is 31.7 Å². The van der Waals surface area contributed by atoms with E-state index in [9.17, 15) is 9.18 Å². The van der Waals surface area contributed by atoms with Crippen molar-refractivity contribution < 1.29 is 13.9 Å². The molecule has 126 valence electrons. The Kier molecular flexibility index (Phi) is 4.06. The van der Waals surface area contributed by atoms with Gasteiger partial charge in [0.05, 0.1) is 24.4 Å². The van der Waals surface area contributed by atoms with Crippen molar-refractivity contribution >= 4 is 5.78 Å². The fraction of sp³-hybridized carbons (Fsp3) is 0.444. The maximum Gasteiger partial charge on any atom is 0.179 e. The summed E-state index contributed by atoms with van der Waals surface area (Å²) in [5, 5.41) is 6.50. The van der Waals surface area contributed by atoms with Crippen LogP contribution in [0.2, 0.25) is 0 Å². The molecular weight excluding hydrogens is 309 g/mol. The average Bonchev–Trinajstić information content (AvgIpc) is 3.25. The molecule has 2 fully saturated rings. The van der Waals surface area contributed by atoms with Gasteiger partial charge in [-0.3, -0.25) is 14.8 Å². The number of carbonyl (C=O) groups excluding carboxylic acids is 1. The van der Waals surface area contributed by atoms with E-state index in [-0.39, 0.29) is 17.7 Å². The van der Waals surface area contributed by atoms with Crippen LogP contribution in [0.4, 0.5) is 4.39 Å². The number of rotatable bonds is 5. The highest BCUT2D eigenvalue weighted by Gasteiger charge is 2.42. The van der Waals surface area contributed by atoms with E-state index in [1.807, 2.05) is 0 Å². The van der Waals surface area contributed by atoms with Crippen molar-refractivity contribution in [3.05, 3.63) is 48.0 Å². The topological polar surface area (TPSA) is 58.2 Å². The highest BCUT2D eigenvalue weighted by atomic mass is 19.1. The molecule has 4 rings (SSSR count). The first-order chi connectivity index (χ1) is 11.7. The number of carbonyl (C=O) groups is 1. The smallest absolute Gasteiger partial charge is 0.179 e. The number of hydrogen-bond donors (Lipinski definition) is 1. The monoisotopic (exact) mass is 329 g/mol. The minimum atomic E-state index is -0.247. The molecule has 1 aliphatic heterocycles. The highest BCUT2D eigenvalue weighted by Crippen LogP contribution is 2.39. The van der Waals surface area contributed by atoms with Gasteiger partial charge in [0.2, 0.25) is 0 Å². The normalized spacial score (nSPS) is 26.5. The van der Waals surface area contributed by atoms with Crippen molar-refractivity contribution in [3.63, 3.8) is 0 Å². The molecule has 24 heavy (non-hydrogen) atoms. The first kappa shape index (κ1) is 15.3. The fourth-order valence-corrected chi connectivity index (χ4v) is 3.97. The van der Waals surface area contributed by atoms with Gasteiger partial charge in [-0.05, 0) is 48.9 Å². The predicted octanol–water partition coefficient (Wildman–Crippen LogP) is 2.52. The Morgan fingerprint density at radius 3 is 2.58 bits per heavy atom. The molecular formula is C18H20FN3O2. The Balaban J connectivity index is 1.29. The summed E-state index contributed by atoms with van der Waals surface area (Å²) in [6.07, 6.45) is 5.41. The number of H-pyrrole nitrogens is 1.